The molecule has 0 rings (SSSR count). The van der Waals surface area contributed by atoms with E-state index >= 15 is 0 Å². The van der Waals surface area contributed by atoms with Gasteiger partial charge in [-0.2, -0.15) is 0 Å². The predicted molar refractivity (Wildman–Crippen MR) is 58.1 cm³/mol. The minimum Gasteiger partial charge on any atom is -0.377 e. The molecular formula is C11H25NO. The minimum atomic E-state index is 0.240. The lowest BCUT2D eigenvalue weighted by atomic mass is 10.0. The standard InChI is InChI=1S/C11H25NO/c1-6-8-13-10(3)9-12-11(4,5)7-2/h10,12H,6-9H2,1-5H3. The van der Waals surface area contributed by atoms with Crippen LogP contribution in [0.15, 0.2) is 0 Å². The second kappa shape index (κ2) is 6.39. The SMILES string of the molecule is CCCOC(C)CNC(C)(C)CC. The highest BCUT2D eigenvalue weighted by atomic mass is 16.5. The summed E-state index contributed by atoms with van der Waals surface area (Å²) in [4.78, 5) is 0. The first-order chi connectivity index (χ1) is 6.02. The maximum Gasteiger partial charge on any atom is 0.0671 e. The third-order valence-corrected chi connectivity index (χ3v) is 2.36. The zero-order valence-electron chi connectivity index (χ0n) is 9.81. The van der Waals surface area contributed by atoms with E-state index in [-0.39, 0.29) is 5.54 Å². The molecule has 1 atom stereocenters. The van der Waals surface area contributed by atoms with Crippen molar-refractivity contribution in [3.8, 4) is 0 Å². The first kappa shape index (κ1) is 12.9. The highest BCUT2D eigenvalue weighted by Crippen LogP contribution is 2.06. The summed E-state index contributed by atoms with van der Waals surface area (Å²) in [5.41, 5.74) is 0.240. The maximum atomic E-state index is 5.57. The van der Waals surface area contributed by atoms with Crippen LogP contribution in [0.25, 0.3) is 0 Å². The van der Waals surface area contributed by atoms with Crippen molar-refractivity contribution >= 4 is 0 Å². The first-order valence-electron chi connectivity index (χ1n) is 5.38. The van der Waals surface area contributed by atoms with Crippen molar-refractivity contribution in [1.82, 2.24) is 5.32 Å². The lowest BCUT2D eigenvalue weighted by Gasteiger charge is -2.26. The average molecular weight is 187 g/mol. The van der Waals surface area contributed by atoms with Gasteiger partial charge in [0.2, 0.25) is 0 Å². The van der Waals surface area contributed by atoms with Crippen molar-refractivity contribution in [2.24, 2.45) is 0 Å². The molecule has 0 aliphatic heterocycles. The van der Waals surface area contributed by atoms with Gasteiger partial charge in [0.05, 0.1) is 6.10 Å². The molecule has 0 fully saturated rings. The van der Waals surface area contributed by atoms with E-state index in [0.717, 1.165) is 26.0 Å². The zero-order valence-corrected chi connectivity index (χ0v) is 9.81. The molecule has 0 aliphatic carbocycles. The number of ether oxygens (including phenoxy) is 1. The normalized spacial score (nSPS) is 14.5. The van der Waals surface area contributed by atoms with Gasteiger partial charge in [0, 0.05) is 18.7 Å². The van der Waals surface area contributed by atoms with Crippen molar-refractivity contribution in [2.45, 2.75) is 59.1 Å². The van der Waals surface area contributed by atoms with Crippen LogP contribution in [-0.4, -0.2) is 24.8 Å². The molecule has 2 heteroatoms. The summed E-state index contributed by atoms with van der Waals surface area (Å²) in [7, 11) is 0. The van der Waals surface area contributed by atoms with Gasteiger partial charge in [-0.25, -0.2) is 0 Å². The summed E-state index contributed by atoms with van der Waals surface area (Å²) in [6, 6.07) is 0. The van der Waals surface area contributed by atoms with Crippen LogP contribution >= 0.6 is 0 Å². The van der Waals surface area contributed by atoms with Crippen LogP contribution in [0.3, 0.4) is 0 Å². The zero-order chi connectivity index (χ0) is 10.3. The van der Waals surface area contributed by atoms with Crippen molar-refractivity contribution < 1.29 is 4.74 Å². The summed E-state index contributed by atoms with van der Waals surface area (Å²) in [5, 5.41) is 3.49. The lowest BCUT2D eigenvalue weighted by molar-refractivity contribution is 0.0610. The van der Waals surface area contributed by atoms with Crippen LogP contribution in [0.5, 0.6) is 0 Å². The summed E-state index contributed by atoms with van der Waals surface area (Å²) < 4.78 is 5.57. The highest BCUT2D eigenvalue weighted by molar-refractivity contribution is 4.76. The molecule has 0 aromatic carbocycles. The molecule has 0 saturated carbocycles. The molecule has 13 heavy (non-hydrogen) atoms. The fraction of sp³-hybridized carbons (Fsp3) is 1.00. The number of rotatable bonds is 7. The second-order valence-electron chi connectivity index (χ2n) is 4.30. The Bertz CT molecular complexity index is 123. The van der Waals surface area contributed by atoms with Gasteiger partial charge in [-0.1, -0.05) is 13.8 Å². The number of hydrogen-bond acceptors (Lipinski definition) is 2. The Balaban J connectivity index is 3.51. The summed E-state index contributed by atoms with van der Waals surface area (Å²) >= 11 is 0. The van der Waals surface area contributed by atoms with Gasteiger partial charge < -0.3 is 10.1 Å². The van der Waals surface area contributed by atoms with Gasteiger partial charge in [0.25, 0.3) is 0 Å². The monoisotopic (exact) mass is 187 g/mol. The Morgan fingerprint density at radius 2 is 1.92 bits per heavy atom. The first-order valence-corrected chi connectivity index (χ1v) is 5.38. The Kier molecular flexibility index (Phi) is 6.35. The molecule has 0 radical (unpaired) electrons. The Morgan fingerprint density at radius 3 is 2.38 bits per heavy atom. The van der Waals surface area contributed by atoms with Gasteiger partial charge in [-0.3, -0.25) is 0 Å². The second-order valence-corrected chi connectivity index (χ2v) is 4.30. The van der Waals surface area contributed by atoms with Gasteiger partial charge in [-0.05, 0) is 33.6 Å². The van der Waals surface area contributed by atoms with Crippen molar-refractivity contribution in [3.63, 3.8) is 0 Å². The molecule has 1 N–H and O–H groups in total. The van der Waals surface area contributed by atoms with Gasteiger partial charge in [0.1, 0.15) is 0 Å². The average Bonchev–Trinajstić information content (AvgIpc) is 2.11. The van der Waals surface area contributed by atoms with E-state index < -0.39 is 0 Å². The largest absolute Gasteiger partial charge is 0.377 e. The van der Waals surface area contributed by atoms with Gasteiger partial charge in [-0.15, -0.1) is 0 Å². The Hall–Kier alpha value is -0.0800. The van der Waals surface area contributed by atoms with Crippen LogP contribution in [0.1, 0.15) is 47.5 Å². The fourth-order valence-electron chi connectivity index (χ4n) is 0.923. The molecule has 0 amide bonds. The molecule has 2 nitrogen and oxygen atoms in total. The number of hydrogen-bond donors (Lipinski definition) is 1. The minimum absolute atomic E-state index is 0.240. The van der Waals surface area contributed by atoms with Crippen molar-refractivity contribution in [2.75, 3.05) is 13.2 Å². The predicted octanol–water partition coefficient (Wildman–Crippen LogP) is 2.58. The molecular weight excluding hydrogens is 162 g/mol. The Labute approximate surface area is 83.1 Å². The summed E-state index contributed by atoms with van der Waals surface area (Å²) in [6.45, 7) is 12.7. The van der Waals surface area contributed by atoms with E-state index in [2.05, 4.69) is 39.9 Å². The topological polar surface area (TPSA) is 21.3 Å². The molecule has 0 aliphatic rings. The van der Waals surface area contributed by atoms with E-state index in [9.17, 15) is 0 Å². The molecule has 0 saturated heterocycles. The van der Waals surface area contributed by atoms with Crippen LogP contribution in [0.2, 0.25) is 0 Å². The summed E-state index contributed by atoms with van der Waals surface area (Å²) in [5.74, 6) is 0. The van der Waals surface area contributed by atoms with Crippen LogP contribution in [0.4, 0.5) is 0 Å². The third kappa shape index (κ3) is 7.03. The Morgan fingerprint density at radius 1 is 1.31 bits per heavy atom. The van der Waals surface area contributed by atoms with Crippen LogP contribution < -0.4 is 5.32 Å². The van der Waals surface area contributed by atoms with Crippen LogP contribution in [0, 0.1) is 0 Å². The molecule has 0 spiro atoms. The van der Waals surface area contributed by atoms with Crippen LogP contribution in [-0.2, 0) is 4.74 Å². The smallest absolute Gasteiger partial charge is 0.0671 e. The van der Waals surface area contributed by atoms with E-state index in [1.54, 1.807) is 0 Å². The quantitative estimate of drug-likeness (QED) is 0.661. The van der Waals surface area contributed by atoms with E-state index in [4.69, 9.17) is 4.74 Å². The molecule has 0 aromatic rings. The molecule has 80 valence electrons. The molecule has 1 unspecified atom stereocenters. The van der Waals surface area contributed by atoms with E-state index in [1.807, 2.05) is 0 Å². The van der Waals surface area contributed by atoms with Gasteiger partial charge in [0.15, 0.2) is 0 Å². The van der Waals surface area contributed by atoms with Gasteiger partial charge >= 0.3 is 0 Å². The lowest BCUT2D eigenvalue weighted by Crippen LogP contribution is -2.42. The number of nitrogens with one attached hydrogen (secondary N) is 1. The fourth-order valence-corrected chi connectivity index (χ4v) is 0.923. The van der Waals surface area contributed by atoms with E-state index in [1.165, 1.54) is 0 Å². The molecule has 0 heterocycles. The molecule has 0 aromatic heterocycles. The van der Waals surface area contributed by atoms with Crippen molar-refractivity contribution in [1.29, 1.82) is 0 Å². The molecule has 0 bridgehead atoms. The third-order valence-electron chi connectivity index (χ3n) is 2.36. The highest BCUT2D eigenvalue weighted by Gasteiger charge is 2.14. The van der Waals surface area contributed by atoms with E-state index in [0.29, 0.717) is 6.10 Å². The summed E-state index contributed by atoms with van der Waals surface area (Å²) in [6.07, 6.45) is 2.57. The maximum absolute atomic E-state index is 5.57. The van der Waals surface area contributed by atoms with Crippen molar-refractivity contribution in [3.05, 3.63) is 0 Å².